The summed E-state index contributed by atoms with van der Waals surface area (Å²) in [5.74, 6) is 1.03. The van der Waals surface area contributed by atoms with Crippen molar-refractivity contribution in [3.8, 4) is 0 Å². The molecule has 1 unspecified atom stereocenters. The maximum atomic E-state index is 13.3. The molecule has 7 heteroatoms. The number of aromatic amines is 1. The molecule has 5 rings (SSSR count). The van der Waals surface area contributed by atoms with Crippen LogP contribution in [0.5, 0.6) is 0 Å². The minimum Gasteiger partial charge on any atom is -0.460 e. The van der Waals surface area contributed by atoms with Gasteiger partial charge in [-0.25, -0.2) is 5.01 Å². The number of nitrogens with zero attached hydrogens (tertiary/aromatic N) is 3. The van der Waals surface area contributed by atoms with Crippen molar-refractivity contribution < 1.29 is 14.0 Å². The van der Waals surface area contributed by atoms with Gasteiger partial charge in [-0.15, -0.1) is 0 Å². The lowest BCUT2D eigenvalue weighted by atomic mass is 9.82. The molecule has 4 heterocycles. The molecule has 2 aliphatic heterocycles. The van der Waals surface area contributed by atoms with Crippen LogP contribution in [0.1, 0.15) is 36.6 Å². The molecule has 7 nitrogen and oxygen atoms in total. The second kappa shape index (κ2) is 6.07. The van der Waals surface area contributed by atoms with E-state index in [-0.39, 0.29) is 18.4 Å². The Hall–Kier alpha value is -3.35. The first kappa shape index (κ1) is 17.7. The summed E-state index contributed by atoms with van der Waals surface area (Å²) in [6.45, 7) is 5.74. The number of H-pyrrole nitrogens is 1. The third kappa shape index (κ3) is 2.61. The molecule has 2 amide bonds. The molecule has 1 aromatic carbocycles. The van der Waals surface area contributed by atoms with Gasteiger partial charge in [0.1, 0.15) is 24.1 Å². The third-order valence-electron chi connectivity index (χ3n) is 5.92. The van der Waals surface area contributed by atoms with Gasteiger partial charge in [0.05, 0.1) is 11.8 Å². The van der Waals surface area contributed by atoms with Gasteiger partial charge in [-0.05, 0) is 44.5 Å². The Balaban J connectivity index is 1.53. The third-order valence-corrected chi connectivity index (χ3v) is 5.92. The van der Waals surface area contributed by atoms with Gasteiger partial charge in [0, 0.05) is 23.0 Å². The Labute approximate surface area is 168 Å². The molecule has 0 saturated carbocycles. The van der Waals surface area contributed by atoms with Crippen molar-refractivity contribution in [1.29, 1.82) is 0 Å². The SMILES string of the molecule is Cc1ccc(C=NN2CC(=O)N3C(Cc4c([nH]c5ccccc45)C3(C)C)C2=O)o1. The molecular formula is C22H22N4O3. The highest BCUT2D eigenvalue weighted by molar-refractivity contribution is 5.98. The zero-order valence-electron chi connectivity index (χ0n) is 16.6. The monoisotopic (exact) mass is 390 g/mol. The number of hydrazone groups is 1. The summed E-state index contributed by atoms with van der Waals surface area (Å²) >= 11 is 0. The summed E-state index contributed by atoms with van der Waals surface area (Å²) in [5, 5.41) is 6.61. The fourth-order valence-corrected chi connectivity index (χ4v) is 4.61. The molecule has 29 heavy (non-hydrogen) atoms. The molecule has 1 atom stereocenters. The lowest BCUT2D eigenvalue weighted by Gasteiger charge is -2.50. The molecule has 1 fully saturated rings. The Morgan fingerprint density at radius 2 is 2.00 bits per heavy atom. The highest BCUT2D eigenvalue weighted by atomic mass is 16.3. The van der Waals surface area contributed by atoms with Crippen molar-refractivity contribution in [2.75, 3.05) is 6.54 Å². The molecule has 0 aliphatic carbocycles. The first-order valence-corrected chi connectivity index (χ1v) is 9.70. The molecule has 3 aromatic rings. The van der Waals surface area contributed by atoms with Crippen LogP contribution >= 0.6 is 0 Å². The van der Waals surface area contributed by atoms with Gasteiger partial charge in [0.2, 0.25) is 5.91 Å². The van der Waals surface area contributed by atoms with E-state index in [4.69, 9.17) is 4.42 Å². The minimum atomic E-state index is -0.613. The predicted octanol–water partition coefficient (Wildman–Crippen LogP) is 2.93. The lowest BCUT2D eigenvalue weighted by Crippen LogP contribution is -2.66. The van der Waals surface area contributed by atoms with Crippen LogP contribution in [0, 0.1) is 6.92 Å². The topological polar surface area (TPSA) is 81.9 Å². The smallest absolute Gasteiger partial charge is 0.266 e. The number of amides is 2. The summed E-state index contributed by atoms with van der Waals surface area (Å²) in [6.07, 6.45) is 1.96. The second-order valence-electron chi connectivity index (χ2n) is 8.16. The highest BCUT2D eigenvalue weighted by Gasteiger charge is 2.51. The van der Waals surface area contributed by atoms with E-state index in [1.165, 1.54) is 11.2 Å². The average Bonchev–Trinajstić information content (AvgIpc) is 3.27. The van der Waals surface area contributed by atoms with Crippen molar-refractivity contribution in [3.05, 3.63) is 59.2 Å². The summed E-state index contributed by atoms with van der Waals surface area (Å²) in [6, 6.07) is 11.1. The Morgan fingerprint density at radius 1 is 1.21 bits per heavy atom. The largest absolute Gasteiger partial charge is 0.460 e. The van der Waals surface area contributed by atoms with Crippen LogP contribution in [0.2, 0.25) is 0 Å². The number of piperazine rings is 1. The van der Waals surface area contributed by atoms with Crippen molar-refractivity contribution in [2.24, 2.45) is 5.10 Å². The summed E-state index contributed by atoms with van der Waals surface area (Å²) in [5.41, 5.74) is 2.51. The molecule has 1 saturated heterocycles. The number of para-hydroxylation sites is 1. The molecule has 0 spiro atoms. The average molecular weight is 390 g/mol. The number of fused-ring (bicyclic) bond motifs is 4. The van der Waals surface area contributed by atoms with Gasteiger partial charge >= 0.3 is 0 Å². The van der Waals surface area contributed by atoms with E-state index >= 15 is 0 Å². The highest BCUT2D eigenvalue weighted by Crippen LogP contribution is 2.42. The molecule has 2 aromatic heterocycles. The minimum absolute atomic E-state index is 0.0789. The number of benzene rings is 1. The first-order valence-electron chi connectivity index (χ1n) is 9.70. The van der Waals surface area contributed by atoms with Gasteiger partial charge in [-0.2, -0.15) is 5.10 Å². The molecule has 148 valence electrons. The molecular weight excluding hydrogens is 368 g/mol. The van der Waals surface area contributed by atoms with E-state index in [0.29, 0.717) is 12.2 Å². The van der Waals surface area contributed by atoms with E-state index in [0.717, 1.165) is 27.9 Å². The van der Waals surface area contributed by atoms with Crippen LogP contribution in [0.4, 0.5) is 0 Å². The number of rotatable bonds is 2. The summed E-state index contributed by atoms with van der Waals surface area (Å²) in [7, 11) is 0. The van der Waals surface area contributed by atoms with Gasteiger partial charge in [-0.3, -0.25) is 9.59 Å². The number of carbonyl (C=O) groups excluding carboxylic acids is 2. The lowest BCUT2D eigenvalue weighted by molar-refractivity contribution is -0.163. The molecule has 0 bridgehead atoms. The normalized spacial score (nSPS) is 21.1. The quantitative estimate of drug-likeness (QED) is 0.683. The zero-order valence-corrected chi connectivity index (χ0v) is 16.6. The molecule has 2 aliphatic rings. The van der Waals surface area contributed by atoms with Crippen molar-refractivity contribution >= 4 is 28.9 Å². The predicted molar refractivity (Wildman–Crippen MR) is 108 cm³/mol. The fraction of sp³-hybridized carbons (Fsp3) is 0.318. The standard InChI is InChI=1S/C22H22N4O3/c1-13-8-9-14(29-13)11-23-25-12-19(27)26-18(21(25)28)10-16-15-6-4-5-7-17(15)24-20(16)22(26,2)3/h4-9,11,18,24H,10,12H2,1-3H3. The van der Waals surface area contributed by atoms with Crippen LogP contribution in [0.25, 0.3) is 10.9 Å². The van der Waals surface area contributed by atoms with E-state index in [1.807, 2.05) is 45.0 Å². The van der Waals surface area contributed by atoms with Crippen LogP contribution in [-0.4, -0.2) is 45.5 Å². The number of furan rings is 1. The second-order valence-corrected chi connectivity index (χ2v) is 8.16. The van der Waals surface area contributed by atoms with E-state index in [9.17, 15) is 9.59 Å². The molecule has 1 N–H and O–H groups in total. The Morgan fingerprint density at radius 3 is 2.76 bits per heavy atom. The van der Waals surface area contributed by atoms with Gasteiger partial charge in [-0.1, -0.05) is 18.2 Å². The number of carbonyl (C=O) groups is 2. The fourth-order valence-electron chi connectivity index (χ4n) is 4.61. The van der Waals surface area contributed by atoms with E-state index < -0.39 is 11.6 Å². The van der Waals surface area contributed by atoms with E-state index in [1.54, 1.807) is 11.0 Å². The number of aryl methyl sites for hydroxylation is 1. The van der Waals surface area contributed by atoms with Crippen molar-refractivity contribution in [2.45, 2.75) is 38.8 Å². The van der Waals surface area contributed by atoms with E-state index in [2.05, 4.69) is 16.2 Å². The number of hydrogen-bond acceptors (Lipinski definition) is 4. The van der Waals surface area contributed by atoms with Crippen LogP contribution in [-0.2, 0) is 21.5 Å². The van der Waals surface area contributed by atoms with Gasteiger partial charge < -0.3 is 14.3 Å². The number of aromatic nitrogens is 1. The van der Waals surface area contributed by atoms with Crippen LogP contribution < -0.4 is 0 Å². The van der Waals surface area contributed by atoms with Crippen LogP contribution in [0.15, 0.2) is 45.9 Å². The maximum Gasteiger partial charge on any atom is 0.266 e. The molecule has 0 radical (unpaired) electrons. The number of nitrogens with one attached hydrogen (secondary N) is 1. The van der Waals surface area contributed by atoms with Gasteiger partial charge in [0.15, 0.2) is 0 Å². The zero-order chi connectivity index (χ0) is 20.3. The first-order chi connectivity index (χ1) is 13.9. The van der Waals surface area contributed by atoms with Crippen molar-refractivity contribution in [1.82, 2.24) is 14.9 Å². The van der Waals surface area contributed by atoms with Gasteiger partial charge in [0.25, 0.3) is 5.91 Å². The summed E-state index contributed by atoms with van der Waals surface area (Å²) in [4.78, 5) is 31.5. The maximum absolute atomic E-state index is 13.3. The Bertz CT molecular complexity index is 1170. The van der Waals surface area contributed by atoms with Crippen LogP contribution in [0.3, 0.4) is 0 Å². The summed E-state index contributed by atoms with van der Waals surface area (Å²) < 4.78 is 5.47. The number of hydrogen-bond donors (Lipinski definition) is 1. The Kier molecular flexibility index (Phi) is 3.71. The van der Waals surface area contributed by atoms with Crippen molar-refractivity contribution in [3.63, 3.8) is 0 Å².